The first-order chi connectivity index (χ1) is 8.22. The number of rotatable bonds is 7. The van der Waals surface area contributed by atoms with E-state index in [1.807, 2.05) is 18.2 Å². The van der Waals surface area contributed by atoms with Gasteiger partial charge in [-0.1, -0.05) is 68.1 Å². The van der Waals surface area contributed by atoms with Crippen molar-refractivity contribution in [3.63, 3.8) is 0 Å². The molecule has 1 N–H and O–H groups in total. The summed E-state index contributed by atoms with van der Waals surface area (Å²) < 4.78 is 0. The van der Waals surface area contributed by atoms with Crippen LogP contribution in [0.1, 0.15) is 18.9 Å². The molecule has 0 unspecified atom stereocenters. The quantitative estimate of drug-likeness (QED) is 0.698. The molecule has 0 spiro atoms. The molecule has 1 heteroatoms. The molecule has 0 aliphatic heterocycles. The zero-order chi connectivity index (χ0) is 12.5. The van der Waals surface area contributed by atoms with Crippen LogP contribution in [0.2, 0.25) is 0 Å². The topological polar surface area (TPSA) is 12.0 Å². The van der Waals surface area contributed by atoms with Crippen LogP contribution in [0.15, 0.2) is 66.8 Å². The number of hydrogen-bond donors (Lipinski definition) is 1. The normalized spacial score (nSPS) is 10.6. The third-order valence-electron chi connectivity index (χ3n) is 2.53. The summed E-state index contributed by atoms with van der Waals surface area (Å²) in [4.78, 5) is 0. The van der Waals surface area contributed by atoms with Crippen molar-refractivity contribution in [1.29, 1.82) is 0 Å². The largest absolute Gasteiger partial charge is 0.309 e. The van der Waals surface area contributed by atoms with Gasteiger partial charge in [-0.3, -0.25) is 0 Å². The molecule has 1 aromatic rings. The Labute approximate surface area is 105 Å². The Morgan fingerprint density at radius 2 is 1.76 bits per heavy atom. The molecule has 0 radical (unpaired) electrons. The summed E-state index contributed by atoms with van der Waals surface area (Å²) in [6.45, 7) is 11.7. The van der Waals surface area contributed by atoms with Gasteiger partial charge in [-0.15, -0.1) is 0 Å². The summed E-state index contributed by atoms with van der Waals surface area (Å²) in [6, 6.07) is 10.4. The van der Waals surface area contributed by atoms with Crippen LogP contribution in [0.25, 0.3) is 0 Å². The SMILES string of the molecule is C=C(/C=C\C(=C)CNCc1ccccc1)CC. The van der Waals surface area contributed by atoms with E-state index in [9.17, 15) is 0 Å². The molecule has 0 amide bonds. The Kier molecular flexibility index (Phi) is 6.05. The maximum atomic E-state index is 4.00. The van der Waals surface area contributed by atoms with Crippen molar-refractivity contribution in [1.82, 2.24) is 5.32 Å². The summed E-state index contributed by atoms with van der Waals surface area (Å²) >= 11 is 0. The van der Waals surface area contributed by atoms with Crippen LogP contribution >= 0.6 is 0 Å². The van der Waals surface area contributed by atoms with Gasteiger partial charge in [0.2, 0.25) is 0 Å². The first-order valence-corrected chi connectivity index (χ1v) is 6.00. The highest BCUT2D eigenvalue weighted by Crippen LogP contribution is 2.02. The number of allylic oxidation sites excluding steroid dienone is 2. The van der Waals surface area contributed by atoms with Crippen LogP contribution in [0.4, 0.5) is 0 Å². The van der Waals surface area contributed by atoms with Gasteiger partial charge in [0, 0.05) is 13.1 Å². The van der Waals surface area contributed by atoms with Crippen LogP contribution in [0.5, 0.6) is 0 Å². The summed E-state index contributed by atoms with van der Waals surface area (Å²) in [5.74, 6) is 0. The van der Waals surface area contributed by atoms with Crippen molar-refractivity contribution in [2.75, 3.05) is 6.54 Å². The fourth-order valence-corrected chi connectivity index (χ4v) is 1.38. The lowest BCUT2D eigenvalue weighted by molar-refractivity contribution is 0.748. The molecule has 0 fully saturated rings. The van der Waals surface area contributed by atoms with Gasteiger partial charge >= 0.3 is 0 Å². The van der Waals surface area contributed by atoms with Crippen LogP contribution in [0.3, 0.4) is 0 Å². The smallest absolute Gasteiger partial charge is 0.0208 e. The fourth-order valence-electron chi connectivity index (χ4n) is 1.38. The lowest BCUT2D eigenvalue weighted by Gasteiger charge is -2.04. The minimum absolute atomic E-state index is 0.808. The molecule has 90 valence electrons. The minimum atomic E-state index is 0.808. The van der Waals surface area contributed by atoms with Gasteiger partial charge in [-0.2, -0.15) is 0 Å². The average Bonchev–Trinajstić information content (AvgIpc) is 2.37. The average molecular weight is 227 g/mol. The van der Waals surface area contributed by atoms with Crippen molar-refractivity contribution < 1.29 is 0 Å². The molecule has 0 atom stereocenters. The zero-order valence-corrected chi connectivity index (χ0v) is 10.6. The molecular weight excluding hydrogens is 206 g/mol. The van der Waals surface area contributed by atoms with E-state index in [4.69, 9.17) is 0 Å². The fraction of sp³-hybridized carbons (Fsp3) is 0.250. The second kappa shape index (κ2) is 7.64. The maximum Gasteiger partial charge on any atom is 0.0208 e. The summed E-state index contributed by atoms with van der Waals surface area (Å²) in [6.07, 6.45) is 5.05. The van der Waals surface area contributed by atoms with Gasteiger partial charge < -0.3 is 5.32 Å². The highest BCUT2D eigenvalue weighted by Gasteiger charge is 1.92. The molecule has 0 aromatic heterocycles. The number of benzene rings is 1. The predicted molar refractivity (Wildman–Crippen MR) is 75.9 cm³/mol. The Balaban J connectivity index is 2.25. The van der Waals surface area contributed by atoms with Crippen LogP contribution < -0.4 is 5.32 Å². The van der Waals surface area contributed by atoms with Gasteiger partial charge in [0.25, 0.3) is 0 Å². The van der Waals surface area contributed by atoms with E-state index in [0.29, 0.717) is 0 Å². The van der Waals surface area contributed by atoms with Crippen molar-refractivity contribution in [3.8, 4) is 0 Å². The van der Waals surface area contributed by atoms with E-state index in [-0.39, 0.29) is 0 Å². The van der Waals surface area contributed by atoms with E-state index < -0.39 is 0 Å². The maximum absolute atomic E-state index is 4.00. The van der Waals surface area contributed by atoms with Crippen molar-refractivity contribution >= 4 is 0 Å². The molecule has 1 rings (SSSR count). The van der Waals surface area contributed by atoms with E-state index in [1.165, 1.54) is 5.56 Å². The molecule has 0 saturated carbocycles. The van der Waals surface area contributed by atoms with Crippen molar-refractivity contribution in [2.45, 2.75) is 19.9 Å². The highest BCUT2D eigenvalue weighted by atomic mass is 14.8. The lowest BCUT2D eigenvalue weighted by Crippen LogP contribution is -2.15. The van der Waals surface area contributed by atoms with E-state index >= 15 is 0 Å². The lowest BCUT2D eigenvalue weighted by atomic mass is 10.1. The molecule has 17 heavy (non-hydrogen) atoms. The third-order valence-corrected chi connectivity index (χ3v) is 2.53. The summed E-state index contributed by atoms with van der Waals surface area (Å²) in [5, 5.41) is 3.36. The molecular formula is C16H21N. The molecule has 0 saturated heterocycles. The summed E-state index contributed by atoms with van der Waals surface area (Å²) in [7, 11) is 0. The van der Waals surface area contributed by atoms with Crippen molar-refractivity contribution in [2.24, 2.45) is 0 Å². The van der Waals surface area contributed by atoms with Crippen molar-refractivity contribution in [3.05, 3.63) is 72.4 Å². The monoisotopic (exact) mass is 227 g/mol. The number of hydrogen-bond acceptors (Lipinski definition) is 1. The Bertz CT molecular complexity index is 387. The Hall–Kier alpha value is -1.60. The van der Waals surface area contributed by atoms with Crippen LogP contribution in [-0.4, -0.2) is 6.54 Å². The number of nitrogens with one attached hydrogen (secondary N) is 1. The molecule has 0 aliphatic carbocycles. The zero-order valence-electron chi connectivity index (χ0n) is 10.6. The molecule has 0 bridgehead atoms. The highest BCUT2D eigenvalue weighted by molar-refractivity contribution is 5.25. The standard InChI is InChI=1S/C16H21N/c1-4-14(2)10-11-15(3)12-17-13-16-8-6-5-7-9-16/h5-11,17H,2-4,12-13H2,1H3/b11-10-. The predicted octanol–water partition coefficient (Wildman–Crippen LogP) is 3.85. The van der Waals surface area contributed by atoms with E-state index in [2.05, 4.69) is 49.7 Å². The van der Waals surface area contributed by atoms with E-state index in [1.54, 1.807) is 0 Å². The van der Waals surface area contributed by atoms with E-state index in [0.717, 1.165) is 30.7 Å². The van der Waals surface area contributed by atoms with Gasteiger partial charge in [0.1, 0.15) is 0 Å². The Morgan fingerprint density at radius 1 is 1.12 bits per heavy atom. The van der Waals surface area contributed by atoms with Gasteiger partial charge in [-0.25, -0.2) is 0 Å². The summed E-state index contributed by atoms with van der Waals surface area (Å²) in [5.41, 5.74) is 3.51. The van der Waals surface area contributed by atoms with Gasteiger partial charge in [0.05, 0.1) is 0 Å². The van der Waals surface area contributed by atoms with Crippen LogP contribution in [0, 0.1) is 0 Å². The second-order valence-corrected chi connectivity index (χ2v) is 4.09. The first-order valence-electron chi connectivity index (χ1n) is 6.00. The molecule has 1 nitrogen and oxygen atoms in total. The molecule has 0 heterocycles. The van der Waals surface area contributed by atoms with Gasteiger partial charge in [-0.05, 0) is 17.6 Å². The third kappa shape index (κ3) is 5.88. The first kappa shape index (κ1) is 13.5. The molecule has 1 aromatic carbocycles. The molecule has 0 aliphatic rings. The minimum Gasteiger partial charge on any atom is -0.309 e. The van der Waals surface area contributed by atoms with Crippen LogP contribution in [-0.2, 0) is 6.54 Å². The van der Waals surface area contributed by atoms with Gasteiger partial charge in [0.15, 0.2) is 0 Å². The second-order valence-electron chi connectivity index (χ2n) is 4.09. The Morgan fingerprint density at radius 3 is 2.41 bits per heavy atom.